The molecule has 44 heavy (non-hydrogen) atoms. The van der Waals surface area contributed by atoms with E-state index < -0.39 is 0 Å². The van der Waals surface area contributed by atoms with Gasteiger partial charge in [0.05, 0.1) is 16.7 Å². The number of nitrogens with zero attached hydrogens (tertiary/aromatic N) is 1. The highest BCUT2D eigenvalue weighted by atomic mass is 79.9. The fraction of sp³-hybridized carbons (Fsp3) is 0. The minimum atomic E-state index is 1.10. The van der Waals surface area contributed by atoms with E-state index in [-0.39, 0.29) is 0 Å². The first-order valence-corrected chi connectivity index (χ1v) is 15.7. The van der Waals surface area contributed by atoms with Crippen molar-refractivity contribution in [3.05, 3.63) is 174 Å². The van der Waals surface area contributed by atoms with Crippen LogP contribution in [0.3, 0.4) is 0 Å². The fourth-order valence-corrected chi connectivity index (χ4v) is 6.94. The molecule has 0 atom stereocenters. The smallest absolute Gasteiger partial charge is 0.0547 e. The van der Waals surface area contributed by atoms with Crippen LogP contribution in [0.4, 0.5) is 0 Å². The molecule has 8 rings (SSSR count). The van der Waals surface area contributed by atoms with Gasteiger partial charge in [-0.1, -0.05) is 162 Å². The third-order valence-corrected chi connectivity index (χ3v) is 9.22. The summed E-state index contributed by atoms with van der Waals surface area (Å²) in [6.07, 6.45) is 0. The molecule has 1 nitrogen and oxygen atoms in total. The molecule has 0 saturated carbocycles. The van der Waals surface area contributed by atoms with Gasteiger partial charge in [-0.05, 0) is 63.2 Å². The van der Waals surface area contributed by atoms with Crippen molar-refractivity contribution in [3.8, 4) is 50.2 Å². The SMILES string of the molecule is Brc1ccccc1-c1ccc(-c2ccc3c4ccccc4n(-c4ccccc4-c4ccccc4-c4ccccc4)c3c2)cc1. The molecule has 0 bridgehead atoms. The Bertz CT molecular complexity index is 2280. The molecule has 8 aromatic rings. The zero-order valence-corrected chi connectivity index (χ0v) is 25.6. The van der Waals surface area contributed by atoms with Crippen molar-refractivity contribution < 1.29 is 0 Å². The van der Waals surface area contributed by atoms with Crippen LogP contribution in [0, 0.1) is 0 Å². The number of aromatic nitrogens is 1. The van der Waals surface area contributed by atoms with Gasteiger partial charge in [0.15, 0.2) is 0 Å². The van der Waals surface area contributed by atoms with Gasteiger partial charge in [-0.3, -0.25) is 0 Å². The Balaban J connectivity index is 1.32. The minimum absolute atomic E-state index is 1.10. The molecule has 208 valence electrons. The standard InChI is InChI=1S/C42H28BrN/c43-39-19-9-6-15-34(39)31-24-22-29(23-25-31)32-26-27-38-37-18-8-11-21-41(37)44(42(38)28-32)40-20-10-7-17-36(40)35-16-5-4-14-33(35)30-12-2-1-3-13-30/h1-28H. The average molecular weight is 627 g/mol. The number of benzene rings is 7. The summed E-state index contributed by atoms with van der Waals surface area (Å²) >= 11 is 3.71. The Morgan fingerprint density at radius 1 is 0.341 bits per heavy atom. The van der Waals surface area contributed by atoms with E-state index in [1.54, 1.807) is 0 Å². The summed E-state index contributed by atoms with van der Waals surface area (Å²) in [5, 5.41) is 2.50. The average Bonchev–Trinajstić information content (AvgIpc) is 3.42. The Morgan fingerprint density at radius 2 is 0.886 bits per heavy atom. The Kier molecular flexibility index (Phi) is 6.70. The van der Waals surface area contributed by atoms with Gasteiger partial charge in [0.25, 0.3) is 0 Å². The molecular weight excluding hydrogens is 598 g/mol. The molecule has 0 aliphatic carbocycles. The Labute approximate surface area is 265 Å². The lowest BCUT2D eigenvalue weighted by Crippen LogP contribution is -1.98. The summed E-state index contributed by atoms with van der Waals surface area (Å²) < 4.78 is 3.55. The van der Waals surface area contributed by atoms with Gasteiger partial charge < -0.3 is 4.57 Å². The van der Waals surface area contributed by atoms with Crippen LogP contribution < -0.4 is 0 Å². The molecular formula is C42H28BrN. The van der Waals surface area contributed by atoms with Gasteiger partial charge >= 0.3 is 0 Å². The van der Waals surface area contributed by atoms with Gasteiger partial charge in [0, 0.05) is 20.8 Å². The zero-order valence-electron chi connectivity index (χ0n) is 24.0. The summed E-state index contributed by atoms with van der Waals surface area (Å²) in [4.78, 5) is 0. The van der Waals surface area contributed by atoms with Gasteiger partial charge in [-0.25, -0.2) is 0 Å². The van der Waals surface area contributed by atoms with Crippen LogP contribution in [0.5, 0.6) is 0 Å². The summed E-state index contributed by atoms with van der Waals surface area (Å²) in [6, 6.07) is 61.1. The molecule has 0 fully saturated rings. The first kappa shape index (κ1) is 26.4. The van der Waals surface area contributed by atoms with Crippen molar-refractivity contribution in [1.82, 2.24) is 4.57 Å². The monoisotopic (exact) mass is 625 g/mol. The summed E-state index contributed by atoms with van der Waals surface area (Å²) in [6.45, 7) is 0. The van der Waals surface area contributed by atoms with Crippen molar-refractivity contribution in [2.45, 2.75) is 0 Å². The van der Waals surface area contributed by atoms with Crippen LogP contribution in [0.2, 0.25) is 0 Å². The Hall–Kier alpha value is -5.18. The van der Waals surface area contributed by atoms with E-state index in [1.807, 2.05) is 0 Å². The molecule has 1 aromatic heterocycles. The molecule has 0 aliphatic heterocycles. The molecule has 1 heterocycles. The second kappa shape index (κ2) is 11.1. The predicted molar refractivity (Wildman–Crippen MR) is 190 cm³/mol. The first-order valence-electron chi connectivity index (χ1n) is 14.9. The highest BCUT2D eigenvalue weighted by Gasteiger charge is 2.18. The second-order valence-corrected chi connectivity index (χ2v) is 11.9. The van der Waals surface area contributed by atoms with E-state index in [0.717, 1.165) is 4.47 Å². The van der Waals surface area contributed by atoms with Crippen LogP contribution in [0.1, 0.15) is 0 Å². The highest BCUT2D eigenvalue weighted by molar-refractivity contribution is 9.10. The molecule has 2 heteroatoms. The first-order chi connectivity index (χ1) is 21.8. The Morgan fingerprint density at radius 3 is 1.68 bits per heavy atom. The molecule has 0 radical (unpaired) electrons. The van der Waals surface area contributed by atoms with E-state index in [0.29, 0.717) is 0 Å². The number of para-hydroxylation sites is 2. The van der Waals surface area contributed by atoms with Crippen molar-refractivity contribution in [3.63, 3.8) is 0 Å². The fourth-order valence-electron chi connectivity index (χ4n) is 6.43. The number of rotatable bonds is 5. The number of fused-ring (bicyclic) bond motifs is 3. The van der Waals surface area contributed by atoms with E-state index in [2.05, 4.69) is 190 Å². The molecule has 7 aromatic carbocycles. The lowest BCUT2D eigenvalue weighted by atomic mass is 9.93. The molecule has 0 saturated heterocycles. The predicted octanol–water partition coefficient (Wildman–Crippen LogP) is 12.2. The lowest BCUT2D eigenvalue weighted by molar-refractivity contribution is 1.18. The van der Waals surface area contributed by atoms with Crippen LogP contribution >= 0.6 is 15.9 Å². The number of halogens is 1. The van der Waals surface area contributed by atoms with Crippen LogP contribution in [-0.2, 0) is 0 Å². The third-order valence-electron chi connectivity index (χ3n) is 8.52. The van der Waals surface area contributed by atoms with Crippen LogP contribution in [-0.4, -0.2) is 4.57 Å². The molecule has 0 aliphatic rings. The quantitative estimate of drug-likeness (QED) is 0.179. The normalized spacial score (nSPS) is 11.3. The van der Waals surface area contributed by atoms with E-state index in [9.17, 15) is 0 Å². The molecule has 0 amide bonds. The maximum absolute atomic E-state index is 3.71. The van der Waals surface area contributed by atoms with Crippen molar-refractivity contribution in [1.29, 1.82) is 0 Å². The largest absolute Gasteiger partial charge is 0.309 e. The number of hydrogen-bond donors (Lipinski definition) is 0. The van der Waals surface area contributed by atoms with Gasteiger partial charge in [-0.2, -0.15) is 0 Å². The highest BCUT2D eigenvalue weighted by Crippen LogP contribution is 2.40. The molecule has 0 unspecified atom stereocenters. The third kappa shape index (κ3) is 4.56. The molecule has 0 spiro atoms. The maximum atomic E-state index is 3.71. The van der Waals surface area contributed by atoms with Gasteiger partial charge in [0.2, 0.25) is 0 Å². The van der Waals surface area contributed by atoms with Crippen molar-refractivity contribution >= 4 is 37.7 Å². The second-order valence-electron chi connectivity index (χ2n) is 11.1. The minimum Gasteiger partial charge on any atom is -0.309 e. The number of hydrogen-bond acceptors (Lipinski definition) is 0. The van der Waals surface area contributed by atoms with E-state index in [1.165, 1.54) is 72.0 Å². The summed E-state index contributed by atoms with van der Waals surface area (Å²) in [7, 11) is 0. The van der Waals surface area contributed by atoms with E-state index >= 15 is 0 Å². The van der Waals surface area contributed by atoms with Crippen LogP contribution in [0.25, 0.3) is 72.0 Å². The molecule has 0 N–H and O–H groups in total. The zero-order chi connectivity index (χ0) is 29.5. The lowest BCUT2D eigenvalue weighted by Gasteiger charge is -2.17. The van der Waals surface area contributed by atoms with E-state index in [4.69, 9.17) is 0 Å². The van der Waals surface area contributed by atoms with Crippen molar-refractivity contribution in [2.75, 3.05) is 0 Å². The van der Waals surface area contributed by atoms with Gasteiger partial charge in [0.1, 0.15) is 0 Å². The summed E-state index contributed by atoms with van der Waals surface area (Å²) in [5.74, 6) is 0. The van der Waals surface area contributed by atoms with Crippen LogP contribution in [0.15, 0.2) is 174 Å². The maximum Gasteiger partial charge on any atom is 0.0547 e. The van der Waals surface area contributed by atoms with Gasteiger partial charge in [-0.15, -0.1) is 0 Å². The van der Waals surface area contributed by atoms with Crippen molar-refractivity contribution in [2.24, 2.45) is 0 Å². The summed E-state index contributed by atoms with van der Waals surface area (Å²) in [5.41, 5.74) is 13.2. The topological polar surface area (TPSA) is 4.93 Å².